The summed E-state index contributed by atoms with van der Waals surface area (Å²) in [4.78, 5) is 111. The van der Waals surface area contributed by atoms with E-state index in [0.717, 1.165) is 55.7 Å². The molecule has 1 aliphatic carbocycles. The summed E-state index contributed by atoms with van der Waals surface area (Å²) < 4.78 is 11.0. The number of likely N-dealkylation sites (N-methyl/N-ethyl adjacent to an activating group) is 1. The number of nitrogens with zero attached hydrogens (tertiary/aromatic N) is 5. The third kappa shape index (κ3) is 12.8. The molecule has 3 fully saturated rings. The van der Waals surface area contributed by atoms with Crippen LogP contribution in [0.4, 0.5) is 16.3 Å². The Balaban J connectivity index is 0.907. The fourth-order valence-electron chi connectivity index (χ4n) is 10.0. The van der Waals surface area contributed by atoms with Gasteiger partial charge in [-0.2, -0.15) is 0 Å². The van der Waals surface area contributed by atoms with Crippen LogP contribution in [0.2, 0.25) is 0 Å². The predicted octanol–water partition coefficient (Wildman–Crippen LogP) is 4.40. The molecule has 7 amide bonds. The van der Waals surface area contributed by atoms with Gasteiger partial charge in [-0.3, -0.25) is 33.7 Å². The van der Waals surface area contributed by atoms with E-state index in [1.165, 1.54) is 25.2 Å². The van der Waals surface area contributed by atoms with Gasteiger partial charge in [0.2, 0.25) is 35.4 Å². The number of halogens is 1. The maximum absolute atomic E-state index is 13.5. The van der Waals surface area contributed by atoms with Gasteiger partial charge >= 0.3 is 6.09 Å². The van der Waals surface area contributed by atoms with E-state index >= 15 is 0 Å². The van der Waals surface area contributed by atoms with Crippen molar-refractivity contribution in [1.29, 1.82) is 0 Å². The molecule has 406 valence electrons. The third-order valence-electron chi connectivity index (χ3n) is 14.6. The van der Waals surface area contributed by atoms with E-state index in [1.54, 1.807) is 45.0 Å². The van der Waals surface area contributed by atoms with Gasteiger partial charge in [0.1, 0.15) is 55.1 Å². The molecular weight excluding hydrogens is 1070 g/mol. The summed E-state index contributed by atoms with van der Waals surface area (Å²) in [7, 11) is 1.37. The smallest absolute Gasteiger partial charge is 0.410 e. The number of alkyl halides is 1. The molecule has 0 radical (unpaired) electrons. The second-order valence-corrected chi connectivity index (χ2v) is 22.6. The summed E-state index contributed by atoms with van der Waals surface area (Å²) in [5.74, 6) is -2.13. The Labute approximate surface area is 445 Å². The summed E-state index contributed by atoms with van der Waals surface area (Å²) >= 11 is 2.23. The second kappa shape index (κ2) is 24.9. The lowest BCUT2D eigenvalue weighted by Gasteiger charge is -2.42. The number of nitrogens with one attached hydrogen (secondary N) is 6. The summed E-state index contributed by atoms with van der Waals surface area (Å²) in [5.41, 5.74) is 1.23. The van der Waals surface area contributed by atoms with Crippen LogP contribution in [0.25, 0.3) is 11.2 Å². The minimum Gasteiger partial charge on any atom is -0.445 e. The van der Waals surface area contributed by atoms with Crippen LogP contribution in [-0.2, 0) is 44.8 Å². The number of likely N-dealkylation sites (tertiary alicyclic amines) is 1. The number of benzene rings is 1. The van der Waals surface area contributed by atoms with E-state index in [0.29, 0.717) is 34.7 Å². The third-order valence-corrected chi connectivity index (χ3v) is 16.2. The highest BCUT2D eigenvalue weighted by atomic mass is 127. The summed E-state index contributed by atoms with van der Waals surface area (Å²) in [6.45, 7) is 14.2. The van der Waals surface area contributed by atoms with Gasteiger partial charge < -0.3 is 56.2 Å². The van der Waals surface area contributed by atoms with Crippen LogP contribution in [0.3, 0.4) is 0 Å². The lowest BCUT2D eigenvalue weighted by atomic mass is 9.94. The lowest BCUT2D eigenvalue weighted by Crippen LogP contribution is -2.64. The fraction of sp³-hybridized carbons (Fsp3) is 0.647. The molecule has 23 heteroatoms. The fourth-order valence-corrected chi connectivity index (χ4v) is 11.5. The number of unbranched alkanes of at least 4 members (excludes halogenated alkanes) is 3. The van der Waals surface area contributed by atoms with E-state index in [1.807, 2.05) is 6.92 Å². The average molecular weight is 1140 g/mol. The molecule has 0 bridgehead atoms. The van der Waals surface area contributed by atoms with E-state index in [-0.39, 0.29) is 43.2 Å². The number of aromatic nitrogens is 4. The highest BCUT2D eigenvalue weighted by Crippen LogP contribution is 2.74. The number of aromatic amines is 1. The molecule has 2 aliphatic heterocycles. The van der Waals surface area contributed by atoms with E-state index < -0.39 is 93.7 Å². The molecule has 22 nitrogen and oxygen atoms in total. The summed E-state index contributed by atoms with van der Waals surface area (Å²) in [6.07, 6.45) is 2.99. The number of imide groups is 1. The van der Waals surface area contributed by atoms with Gasteiger partial charge in [0.05, 0.1) is 23.5 Å². The Morgan fingerprint density at radius 2 is 1.66 bits per heavy atom. The number of aliphatic hydroxyl groups is 2. The monoisotopic (exact) mass is 1140 g/mol. The summed E-state index contributed by atoms with van der Waals surface area (Å²) in [6, 6.07) is 3.39. The Hall–Kier alpha value is -5.53. The number of ether oxygens (including phenoxy) is 2. The van der Waals surface area contributed by atoms with Crippen LogP contribution < -0.4 is 26.6 Å². The van der Waals surface area contributed by atoms with Gasteiger partial charge in [-0.1, -0.05) is 101 Å². The Morgan fingerprint density at radius 1 is 0.959 bits per heavy atom. The number of aliphatic hydroxyl groups excluding tert-OH is 2. The molecule has 2 saturated heterocycles. The second-order valence-electron chi connectivity index (χ2n) is 20.4. The van der Waals surface area contributed by atoms with Gasteiger partial charge in [0, 0.05) is 35.0 Å². The molecule has 4 heterocycles. The SMILES string of the molecule is CCCCCC12C(=O)N(CCC(=O)N[C@H](C(=O)N[C@@H](C)C(=O)Nc3ccc(COC(=O)N(C)CC(=O)N[C@@H]4[C@@H](O)[C@H](O)[C@@H](Nc5ncnc6nc(C(CC)CCCC)[nH]c56)O[C@H]4C)cc3)C(C)C)C(=O)C1C2(C)I. The van der Waals surface area contributed by atoms with Gasteiger partial charge in [-0.05, 0) is 63.6 Å². The van der Waals surface area contributed by atoms with Crippen molar-refractivity contribution in [3.8, 4) is 0 Å². The summed E-state index contributed by atoms with van der Waals surface area (Å²) in [5, 5.41) is 36.1. The molecular formula is C51H74IN11O11. The van der Waals surface area contributed by atoms with Crippen LogP contribution in [0.15, 0.2) is 30.6 Å². The van der Waals surface area contributed by atoms with Crippen LogP contribution in [0.5, 0.6) is 0 Å². The quantitative estimate of drug-likeness (QED) is 0.0252. The number of carbonyl (C=O) groups is 7. The Kier molecular flexibility index (Phi) is 19.4. The number of carbonyl (C=O) groups excluding carboxylic acids is 7. The Morgan fingerprint density at radius 3 is 2.32 bits per heavy atom. The van der Waals surface area contributed by atoms with Crippen molar-refractivity contribution >= 4 is 86.8 Å². The zero-order valence-corrected chi connectivity index (χ0v) is 46.0. The van der Waals surface area contributed by atoms with Crippen LogP contribution in [0.1, 0.15) is 130 Å². The highest BCUT2D eigenvalue weighted by Gasteiger charge is 2.84. The number of rotatable bonds is 25. The molecule has 4 unspecified atom stereocenters. The van der Waals surface area contributed by atoms with Crippen LogP contribution in [-0.4, -0.2) is 148 Å². The maximum Gasteiger partial charge on any atom is 0.410 e. The largest absolute Gasteiger partial charge is 0.445 e. The van der Waals surface area contributed by atoms with Gasteiger partial charge in [0.15, 0.2) is 17.7 Å². The molecule has 11 atom stereocenters. The minimum absolute atomic E-state index is 0.0790. The topological polar surface area (TPSA) is 300 Å². The maximum atomic E-state index is 13.5. The van der Waals surface area contributed by atoms with Crippen molar-refractivity contribution in [1.82, 2.24) is 45.7 Å². The van der Waals surface area contributed by atoms with Gasteiger partial charge in [0.25, 0.3) is 0 Å². The average Bonchev–Trinajstić information content (AvgIpc) is 3.55. The molecule has 2 aromatic heterocycles. The van der Waals surface area contributed by atoms with E-state index in [4.69, 9.17) is 9.47 Å². The minimum atomic E-state index is -1.49. The standard InChI is InChI=1S/C51H74IN11O11/c1-10-13-15-22-51-40(50(51,8)52)47(70)63(48(51)71)23-21-33(64)57-35(27(4)5)45(69)55-28(6)44(68)56-32-19-17-30(18-20-32)25-73-49(72)62(9)24-34(65)58-36-29(7)74-46(39(67)38(36)66)61-43-37-42(53-26-54-43)60-41(59-37)31(12-3)16-14-11-2/h17-20,26-29,31,35-36,38-40,46,66-67H,10-16,21-25H2,1-9H3,(H,55,69)(H,56,68)(H,57,64)(H,58,65)(H2,53,54,59,60,61)/t28-,29-,31?,35-,36-,38+,39-,40?,46-,50?,51?/m0/s1. The Bertz CT molecular complexity index is 2510. The van der Waals surface area contributed by atoms with Crippen LogP contribution in [0, 0.1) is 17.3 Å². The van der Waals surface area contributed by atoms with Crippen molar-refractivity contribution in [2.75, 3.05) is 30.8 Å². The number of fused-ring (bicyclic) bond motifs is 2. The molecule has 1 saturated carbocycles. The molecule has 3 aliphatic rings. The molecule has 1 aromatic carbocycles. The van der Waals surface area contributed by atoms with E-state index in [2.05, 4.69) is 89.9 Å². The molecule has 74 heavy (non-hydrogen) atoms. The van der Waals surface area contributed by atoms with Crippen molar-refractivity contribution in [3.05, 3.63) is 42.0 Å². The number of hydrogen-bond acceptors (Lipinski definition) is 15. The first-order chi connectivity index (χ1) is 35.1. The van der Waals surface area contributed by atoms with E-state index in [9.17, 15) is 43.8 Å². The number of imidazole rings is 1. The number of H-pyrrole nitrogens is 1. The molecule has 8 N–H and O–H groups in total. The van der Waals surface area contributed by atoms with Gasteiger partial charge in [-0.25, -0.2) is 19.7 Å². The zero-order valence-electron chi connectivity index (χ0n) is 43.8. The lowest BCUT2D eigenvalue weighted by molar-refractivity contribution is -0.172. The number of piperidine rings is 1. The van der Waals surface area contributed by atoms with Crippen LogP contribution >= 0.6 is 22.6 Å². The molecule has 3 aromatic rings. The zero-order chi connectivity index (χ0) is 54.2. The number of hydrogen-bond donors (Lipinski definition) is 8. The van der Waals surface area contributed by atoms with Crippen molar-refractivity contribution in [2.24, 2.45) is 17.3 Å². The number of anilines is 2. The predicted molar refractivity (Wildman–Crippen MR) is 282 cm³/mol. The first kappa shape index (κ1) is 57.7. The van der Waals surface area contributed by atoms with Gasteiger partial charge in [-0.15, -0.1) is 0 Å². The normalized spacial score (nSPS) is 25.4. The van der Waals surface area contributed by atoms with Crippen molar-refractivity contribution in [2.45, 2.75) is 172 Å². The van der Waals surface area contributed by atoms with Crippen molar-refractivity contribution in [3.63, 3.8) is 0 Å². The molecule has 6 rings (SSSR count). The first-order valence-electron chi connectivity index (χ1n) is 25.8. The van der Waals surface area contributed by atoms with Crippen molar-refractivity contribution < 1.29 is 53.2 Å². The first-order valence-corrected chi connectivity index (χ1v) is 26.9. The molecule has 0 spiro atoms. The number of amides is 7. The highest BCUT2D eigenvalue weighted by molar-refractivity contribution is 14.1.